The lowest BCUT2D eigenvalue weighted by Gasteiger charge is -2.29. The summed E-state index contributed by atoms with van der Waals surface area (Å²) < 4.78 is 0. The van der Waals surface area contributed by atoms with E-state index in [-0.39, 0.29) is 12.1 Å². The van der Waals surface area contributed by atoms with Crippen molar-refractivity contribution in [1.29, 1.82) is 0 Å². The van der Waals surface area contributed by atoms with E-state index in [0.717, 1.165) is 12.3 Å². The fourth-order valence-electron chi connectivity index (χ4n) is 1.30. The second-order valence-electron chi connectivity index (χ2n) is 4.71. The Morgan fingerprint density at radius 1 is 1.36 bits per heavy atom. The Balaban J connectivity index is 3.85. The second kappa shape index (κ2) is 6.70. The molecule has 2 N–H and O–H groups in total. The molecule has 0 aromatic rings. The monoisotopic (exact) mass is 219 g/mol. The molecule has 2 unspecified atom stereocenters. The average molecular weight is 219 g/mol. The maximum atomic E-state index is 9.24. The van der Waals surface area contributed by atoms with Crippen LogP contribution in [0.1, 0.15) is 34.1 Å². The summed E-state index contributed by atoms with van der Waals surface area (Å²) in [6.45, 7) is 8.99. The van der Waals surface area contributed by atoms with Gasteiger partial charge in [0.25, 0.3) is 0 Å². The molecule has 0 aliphatic heterocycles. The average Bonchev–Trinajstić information content (AvgIpc) is 2.14. The van der Waals surface area contributed by atoms with Gasteiger partial charge in [-0.2, -0.15) is 11.8 Å². The summed E-state index contributed by atoms with van der Waals surface area (Å²) in [5, 5.41) is 13.0. The summed E-state index contributed by atoms with van der Waals surface area (Å²) in [5.41, 5.74) is -0.122. The third-order valence-corrected chi connectivity index (χ3v) is 4.00. The Kier molecular flexibility index (Phi) is 6.83. The predicted octanol–water partition coefficient (Wildman–Crippen LogP) is 2.12. The zero-order chi connectivity index (χ0) is 11.2. The number of nitrogens with one attached hydrogen (secondary N) is 1. The molecule has 86 valence electrons. The number of aliphatic hydroxyl groups excluding tert-OH is 1. The largest absolute Gasteiger partial charge is 0.394 e. The van der Waals surface area contributed by atoms with Crippen LogP contribution >= 0.6 is 11.8 Å². The van der Waals surface area contributed by atoms with Crippen molar-refractivity contribution in [3.05, 3.63) is 0 Å². The first kappa shape index (κ1) is 14.3. The molecule has 0 heterocycles. The van der Waals surface area contributed by atoms with E-state index in [2.05, 4.69) is 33.0 Å². The van der Waals surface area contributed by atoms with Crippen molar-refractivity contribution in [2.45, 2.75) is 44.9 Å². The van der Waals surface area contributed by atoms with Gasteiger partial charge in [0, 0.05) is 10.8 Å². The molecule has 3 heteroatoms. The second-order valence-corrected chi connectivity index (χ2v) is 6.18. The molecule has 0 rings (SSSR count). The number of aliphatic hydroxyl groups is 1. The maximum absolute atomic E-state index is 9.24. The number of likely N-dealkylation sites (N-methyl/N-ethyl adjacent to an activating group) is 1. The lowest BCUT2D eigenvalue weighted by atomic mass is 9.97. The molecule has 14 heavy (non-hydrogen) atoms. The molecule has 0 spiro atoms. The maximum Gasteiger partial charge on any atom is 0.0610 e. The van der Waals surface area contributed by atoms with E-state index in [4.69, 9.17) is 0 Å². The van der Waals surface area contributed by atoms with Crippen molar-refractivity contribution >= 4 is 11.8 Å². The highest BCUT2D eigenvalue weighted by atomic mass is 32.2. The molecular weight excluding hydrogens is 194 g/mol. The van der Waals surface area contributed by atoms with E-state index < -0.39 is 0 Å². The predicted molar refractivity (Wildman–Crippen MR) is 65.9 cm³/mol. The van der Waals surface area contributed by atoms with Gasteiger partial charge in [0.05, 0.1) is 6.61 Å². The fourth-order valence-corrected chi connectivity index (χ4v) is 2.49. The lowest BCUT2D eigenvalue weighted by Crippen LogP contribution is -2.45. The van der Waals surface area contributed by atoms with Crippen LogP contribution < -0.4 is 5.32 Å². The molecule has 0 bridgehead atoms. The summed E-state index contributed by atoms with van der Waals surface area (Å²) >= 11 is 1.99. The summed E-state index contributed by atoms with van der Waals surface area (Å²) in [6, 6.07) is 0. The van der Waals surface area contributed by atoms with Crippen LogP contribution in [0.2, 0.25) is 0 Å². The van der Waals surface area contributed by atoms with Gasteiger partial charge in [0.1, 0.15) is 0 Å². The molecule has 2 nitrogen and oxygen atoms in total. The van der Waals surface area contributed by atoms with Crippen molar-refractivity contribution in [2.75, 3.05) is 19.4 Å². The van der Waals surface area contributed by atoms with E-state index in [9.17, 15) is 5.11 Å². The van der Waals surface area contributed by atoms with Crippen LogP contribution in [-0.4, -0.2) is 35.3 Å². The highest BCUT2D eigenvalue weighted by Crippen LogP contribution is 2.23. The Morgan fingerprint density at radius 2 is 1.93 bits per heavy atom. The van der Waals surface area contributed by atoms with Gasteiger partial charge < -0.3 is 10.4 Å². The van der Waals surface area contributed by atoms with Crippen molar-refractivity contribution in [2.24, 2.45) is 5.92 Å². The third-order valence-electron chi connectivity index (χ3n) is 2.40. The Labute approximate surface area is 92.9 Å². The van der Waals surface area contributed by atoms with Gasteiger partial charge in [-0.3, -0.25) is 0 Å². The van der Waals surface area contributed by atoms with Gasteiger partial charge in [0.2, 0.25) is 0 Å². The van der Waals surface area contributed by atoms with Gasteiger partial charge >= 0.3 is 0 Å². The molecular formula is C11H25NOS. The molecule has 0 fully saturated rings. The van der Waals surface area contributed by atoms with Crippen LogP contribution in [0.25, 0.3) is 0 Å². The van der Waals surface area contributed by atoms with Crippen LogP contribution in [0.4, 0.5) is 0 Å². The number of hydrogen-bond acceptors (Lipinski definition) is 3. The lowest BCUT2D eigenvalue weighted by molar-refractivity contribution is 0.174. The van der Waals surface area contributed by atoms with Crippen LogP contribution in [0.3, 0.4) is 0 Å². The van der Waals surface area contributed by atoms with Crippen molar-refractivity contribution in [1.82, 2.24) is 5.32 Å². The van der Waals surface area contributed by atoms with E-state index in [0.29, 0.717) is 5.25 Å². The topological polar surface area (TPSA) is 32.3 Å². The molecule has 0 aromatic heterocycles. The van der Waals surface area contributed by atoms with Gasteiger partial charge in [-0.15, -0.1) is 0 Å². The molecule has 0 radical (unpaired) electrons. The minimum atomic E-state index is -0.122. The van der Waals surface area contributed by atoms with Gasteiger partial charge in [-0.05, 0) is 32.1 Å². The molecule has 0 saturated heterocycles. The first-order chi connectivity index (χ1) is 6.43. The summed E-state index contributed by atoms with van der Waals surface area (Å²) in [4.78, 5) is 0. The summed E-state index contributed by atoms with van der Waals surface area (Å²) in [5.74, 6) is 1.95. The number of hydrogen-bond donors (Lipinski definition) is 2. The van der Waals surface area contributed by atoms with Crippen LogP contribution in [0.15, 0.2) is 0 Å². The first-order valence-electron chi connectivity index (χ1n) is 5.35. The molecule has 0 aliphatic rings. The van der Waals surface area contributed by atoms with E-state index >= 15 is 0 Å². The quantitative estimate of drug-likeness (QED) is 0.688. The smallest absolute Gasteiger partial charge is 0.0610 e. The van der Waals surface area contributed by atoms with Crippen molar-refractivity contribution < 1.29 is 5.11 Å². The third kappa shape index (κ3) is 5.89. The Morgan fingerprint density at radius 3 is 2.29 bits per heavy atom. The van der Waals surface area contributed by atoms with Gasteiger partial charge in [0.15, 0.2) is 0 Å². The SMILES string of the molecule is CNC(C)(CO)CC(C)SCC(C)C. The van der Waals surface area contributed by atoms with Gasteiger partial charge in [-0.25, -0.2) is 0 Å². The number of thioether (sulfide) groups is 1. The number of rotatable bonds is 7. The highest BCUT2D eigenvalue weighted by molar-refractivity contribution is 7.99. The molecule has 0 aliphatic carbocycles. The zero-order valence-corrected chi connectivity index (χ0v) is 10.9. The first-order valence-corrected chi connectivity index (χ1v) is 6.40. The van der Waals surface area contributed by atoms with Crippen LogP contribution in [0.5, 0.6) is 0 Å². The highest BCUT2D eigenvalue weighted by Gasteiger charge is 2.23. The van der Waals surface area contributed by atoms with E-state index in [1.807, 2.05) is 18.8 Å². The van der Waals surface area contributed by atoms with E-state index in [1.54, 1.807) is 0 Å². The Bertz CT molecular complexity index is 146. The minimum Gasteiger partial charge on any atom is -0.394 e. The Hall–Kier alpha value is 0.270. The van der Waals surface area contributed by atoms with Crippen molar-refractivity contribution in [3.8, 4) is 0 Å². The van der Waals surface area contributed by atoms with Crippen LogP contribution in [0, 0.1) is 5.92 Å². The molecule has 0 saturated carbocycles. The fraction of sp³-hybridized carbons (Fsp3) is 1.00. The summed E-state index contributed by atoms with van der Waals surface area (Å²) in [6.07, 6.45) is 1.01. The minimum absolute atomic E-state index is 0.122. The zero-order valence-electron chi connectivity index (χ0n) is 10.1. The standard InChI is InChI=1S/C11H25NOS/c1-9(2)7-14-10(3)6-11(4,8-13)12-5/h9-10,12-13H,6-8H2,1-5H3. The van der Waals surface area contributed by atoms with E-state index in [1.165, 1.54) is 5.75 Å². The van der Waals surface area contributed by atoms with Crippen molar-refractivity contribution in [3.63, 3.8) is 0 Å². The van der Waals surface area contributed by atoms with Gasteiger partial charge in [-0.1, -0.05) is 20.8 Å². The molecule has 2 atom stereocenters. The normalized spacial score (nSPS) is 18.2. The molecule has 0 aromatic carbocycles. The van der Waals surface area contributed by atoms with Crippen LogP contribution in [-0.2, 0) is 0 Å². The summed E-state index contributed by atoms with van der Waals surface area (Å²) in [7, 11) is 1.91. The molecule has 0 amide bonds.